The van der Waals surface area contributed by atoms with Gasteiger partial charge in [-0.05, 0) is 37.1 Å². The zero-order valence-corrected chi connectivity index (χ0v) is 11.1. The fourth-order valence-corrected chi connectivity index (χ4v) is 2.04. The number of rotatable bonds is 3. The third-order valence-corrected chi connectivity index (χ3v) is 3.10. The summed E-state index contributed by atoms with van der Waals surface area (Å²) in [5.41, 5.74) is 10.3. The molecule has 0 aliphatic heterocycles. The third-order valence-electron chi connectivity index (χ3n) is 3.10. The lowest BCUT2D eigenvalue weighted by Crippen LogP contribution is -2.12. The normalized spacial score (nSPS) is 10.4. The van der Waals surface area contributed by atoms with E-state index in [-0.39, 0.29) is 0 Å². The van der Waals surface area contributed by atoms with Crippen LogP contribution in [0.1, 0.15) is 16.7 Å². The molecule has 0 aliphatic rings. The van der Waals surface area contributed by atoms with Crippen LogP contribution in [0.25, 0.3) is 0 Å². The lowest BCUT2D eigenvalue weighted by molar-refractivity contribution is 1.03. The molecule has 0 radical (unpaired) electrons. The average Bonchev–Trinajstić information content (AvgIpc) is 2.38. The Morgan fingerprint density at radius 1 is 1.17 bits per heavy atom. The number of hydrogen-bond donors (Lipinski definition) is 1. The Bertz CT molecular complexity index is 532. The summed E-state index contributed by atoms with van der Waals surface area (Å²) >= 11 is 0. The molecule has 1 heterocycles. The number of anilines is 2. The quantitative estimate of drug-likeness (QED) is 0.898. The minimum absolute atomic E-state index is 0.528. The predicted molar refractivity (Wildman–Crippen MR) is 76.1 cm³/mol. The van der Waals surface area contributed by atoms with Crippen molar-refractivity contribution in [2.75, 3.05) is 11.9 Å². The van der Waals surface area contributed by atoms with Crippen LogP contribution in [-0.4, -0.2) is 12.0 Å². The summed E-state index contributed by atoms with van der Waals surface area (Å²) < 4.78 is 0. The van der Waals surface area contributed by atoms with Crippen LogP contribution in [0.4, 0.5) is 11.5 Å². The molecular weight excluding hydrogens is 222 g/mol. The van der Waals surface area contributed by atoms with Crippen molar-refractivity contribution in [2.24, 2.45) is 5.73 Å². The Morgan fingerprint density at radius 2 is 1.94 bits per heavy atom. The first-order valence-electron chi connectivity index (χ1n) is 6.08. The Morgan fingerprint density at radius 3 is 2.50 bits per heavy atom. The maximum Gasteiger partial charge on any atom is 0.132 e. The number of nitrogens with two attached hydrogens (primary N) is 1. The Labute approximate surface area is 108 Å². The van der Waals surface area contributed by atoms with Crippen molar-refractivity contribution in [2.45, 2.75) is 20.4 Å². The summed E-state index contributed by atoms with van der Waals surface area (Å²) in [6.07, 6.45) is 1.83. The number of pyridine rings is 1. The molecular formula is C15H19N3. The second-order valence-corrected chi connectivity index (χ2v) is 4.58. The molecule has 2 aromatic rings. The second-order valence-electron chi connectivity index (χ2n) is 4.58. The van der Waals surface area contributed by atoms with E-state index in [2.05, 4.69) is 41.9 Å². The fourth-order valence-electron chi connectivity index (χ4n) is 2.04. The van der Waals surface area contributed by atoms with Crippen molar-refractivity contribution in [1.82, 2.24) is 4.98 Å². The molecule has 0 fully saturated rings. The van der Waals surface area contributed by atoms with Crippen molar-refractivity contribution >= 4 is 11.5 Å². The zero-order valence-electron chi connectivity index (χ0n) is 11.1. The van der Waals surface area contributed by atoms with Gasteiger partial charge < -0.3 is 10.6 Å². The van der Waals surface area contributed by atoms with Gasteiger partial charge >= 0.3 is 0 Å². The smallest absolute Gasteiger partial charge is 0.132 e. The topological polar surface area (TPSA) is 42.1 Å². The van der Waals surface area contributed by atoms with Crippen LogP contribution in [0, 0.1) is 13.8 Å². The first-order chi connectivity index (χ1) is 8.61. The van der Waals surface area contributed by atoms with Crippen LogP contribution in [0.15, 0.2) is 36.5 Å². The molecule has 1 aromatic carbocycles. The molecule has 0 saturated carbocycles. The SMILES string of the molecule is Cc1ccc(N(C)c2ccc(CN)cn2)c(C)c1. The van der Waals surface area contributed by atoms with Crippen LogP contribution >= 0.6 is 0 Å². The van der Waals surface area contributed by atoms with E-state index in [0.29, 0.717) is 6.54 Å². The number of hydrogen-bond acceptors (Lipinski definition) is 3. The van der Waals surface area contributed by atoms with E-state index in [9.17, 15) is 0 Å². The number of aryl methyl sites for hydroxylation is 2. The molecule has 1 aromatic heterocycles. The van der Waals surface area contributed by atoms with Crippen molar-refractivity contribution in [3.05, 3.63) is 53.2 Å². The highest BCUT2D eigenvalue weighted by atomic mass is 15.2. The molecule has 3 heteroatoms. The van der Waals surface area contributed by atoms with Crippen LogP contribution in [0.2, 0.25) is 0 Å². The molecule has 2 N–H and O–H groups in total. The van der Waals surface area contributed by atoms with Crippen LogP contribution in [-0.2, 0) is 6.54 Å². The van der Waals surface area contributed by atoms with E-state index in [1.165, 1.54) is 16.8 Å². The van der Waals surface area contributed by atoms with E-state index in [1.54, 1.807) is 0 Å². The summed E-state index contributed by atoms with van der Waals surface area (Å²) in [6, 6.07) is 10.4. The Hall–Kier alpha value is -1.87. The van der Waals surface area contributed by atoms with Gasteiger partial charge in [0.25, 0.3) is 0 Å². The number of nitrogens with zero attached hydrogens (tertiary/aromatic N) is 2. The summed E-state index contributed by atoms with van der Waals surface area (Å²) in [4.78, 5) is 6.53. The van der Waals surface area contributed by atoms with E-state index >= 15 is 0 Å². The molecule has 0 aliphatic carbocycles. The van der Waals surface area contributed by atoms with E-state index in [4.69, 9.17) is 5.73 Å². The minimum Gasteiger partial charge on any atom is -0.329 e. The van der Waals surface area contributed by atoms with Crippen molar-refractivity contribution in [3.8, 4) is 0 Å². The summed E-state index contributed by atoms with van der Waals surface area (Å²) in [5, 5.41) is 0. The standard InChI is InChI=1S/C15H19N3/c1-11-4-6-14(12(2)8-11)18(3)15-7-5-13(9-16)10-17-15/h4-8,10H,9,16H2,1-3H3. The average molecular weight is 241 g/mol. The van der Waals surface area contributed by atoms with Crippen LogP contribution in [0.5, 0.6) is 0 Å². The van der Waals surface area contributed by atoms with E-state index in [0.717, 1.165) is 11.4 Å². The third kappa shape index (κ3) is 2.51. The molecule has 0 amide bonds. The molecule has 0 spiro atoms. The molecule has 0 bridgehead atoms. The summed E-state index contributed by atoms with van der Waals surface area (Å²) in [6.45, 7) is 4.75. The van der Waals surface area contributed by atoms with Gasteiger partial charge in [-0.1, -0.05) is 23.8 Å². The van der Waals surface area contributed by atoms with Gasteiger partial charge in [0, 0.05) is 25.5 Å². The zero-order chi connectivity index (χ0) is 13.1. The maximum absolute atomic E-state index is 5.57. The molecule has 94 valence electrons. The minimum atomic E-state index is 0.528. The van der Waals surface area contributed by atoms with E-state index in [1.807, 2.05) is 25.4 Å². The monoisotopic (exact) mass is 241 g/mol. The van der Waals surface area contributed by atoms with Crippen molar-refractivity contribution in [1.29, 1.82) is 0 Å². The van der Waals surface area contributed by atoms with Gasteiger partial charge in [-0.2, -0.15) is 0 Å². The molecule has 18 heavy (non-hydrogen) atoms. The second kappa shape index (κ2) is 5.19. The highest BCUT2D eigenvalue weighted by Crippen LogP contribution is 2.25. The van der Waals surface area contributed by atoms with Crippen LogP contribution < -0.4 is 10.6 Å². The molecule has 3 nitrogen and oxygen atoms in total. The van der Waals surface area contributed by atoms with Gasteiger partial charge in [0.05, 0.1) is 0 Å². The first-order valence-corrected chi connectivity index (χ1v) is 6.08. The maximum atomic E-state index is 5.57. The van der Waals surface area contributed by atoms with Gasteiger partial charge in [-0.3, -0.25) is 0 Å². The highest BCUT2D eigenvalue weighted by molar-refractivity contribution is 5.63. The van der Waals surface area contributed by atoms with Gasteiger partial charge in [-0.25, -0.2) is 4.98 Å². The molecule has 0 unspecified atom stereocenters. The molecule has 0 atom stereocenters. The highest BCUT2D eigenvalue weighted by Gasteiger charge is 2.07. The lowest BCUT2D eigenvalue weighted by atomic mass is 10.1. The van der Waals surface area contributed by atoms with E-state index < -0.39 is 0 Å². The number of benzene rings is 1. The van der Waals surface area contributed by atoms with Gasteiger partial charge in [0.15, 0.2) is 0 Å². The van der Waals surface area contributed by atoms with Gasteiger partial charge in [0.2, 0.25) is 0 Å². The first kappa shape index (κ1) is 12.6. The van der Waals surface area contributed by atoms with Crippen molar-refractivity contribution in [3.63, 3.8) is 0 Å². The van der Waals surface area contributed by atoms with Crippen molar-refractivity contribution < 1.29 is 0 Å². The van der Waals surface area contributed by atoms with Crippen LogP contribution in [0.3, 0.4) is 0 Å². The Balaban J connectivity index is 2.31. The molecule has 2 rings (SSSR count). The summed E-state index contributed by atoms with van der Waals surface area (Å²) in [7, 11) is 2.03. The largest absolute Gasteiger partial charge is 0.329 e. The van der Waals surface area contributed by atoms with Gasteiger partial charge in [-0.15, -0.1) is 0 Å². The van der Waals surface area contributed by atoms with Gasteiger partial charge in [0.1, 0.15) is 5.82 Å². The predicted octanol–water partition coefficient (Wildman–Crippen LogP) is 2.93. The molecule has 0 saturated heterocycles. The number of aromatic nitrogens is 1. The summed E-state index contributed by atoms with van der Waals surface area (Å²) in [5.74, 6) is 0.930. The fraction of sp³-hybridized carbons (Fsp3) is 0.267. The lowest BCUT2D eigenvalue weighted by Gasteiger charge is -2.21. The Kier molecular flexibility index (Phi) is 3.63.